The molecule has 3 unspecified atom stereocenters. The summed E-state index contributed by atoms with van der Waals surface area (Å²) in [5.41, 5.74) is 5.12. The van der Waals surface area contributed by atoms with Crippen molar-refractivity contribution in [1.29, 1.82) is 0 Å². The maximum atomic E-state index is 6.23. The Balaban J connectivity index is 1.60. The molecule has 0 N–H and O–H groups in total. The Kier molecular flexibility index (Phi) is 11.5. The molecule has 0 aliphatic carbocycles. The van der Waals surface area contributed by atoms with Gasteiger partial charge in [-0.15, -0.1) is 0 Å². The van der Waals surface area contributed by atoms with Gasteiger partial charge in [-0.3, -0.25) is 0 Å². The van der Waals surface area contributed by atoms with Gasteiger partial charge in [0.05, 0.1) is 0 Å². The van der Waals surface area contributed by atoms with Crippen LogP contribution >= 0.6 is 7.14 Å². The first-order valence-corrected chi connectivity index (χ1v) is 15.6. The third-order valence-electron chi connectivity index (χ3n) is 7.62. The Labute approximate surface area is 213 Å². The van der Waals surface area contributed by atoms with Crippen LogP contribution in [-0.4, -0.2) is 44.4 Å². The minimum atomic E-state index is -1.85. The van der Waals surface area contributed by atoms with E-state index in [0.717, 1.165) is 19.8 Å². The SMILES string of the molecule is B[PH](C(C)COCc1ccccc1)(C(C)COCc1ccccc1)C(C)COCc1ccccc1. The van der Waals surface area contributed by atoms with Gasteiger partial charge in [0.1, 0.15) is 0 Å². The first kappa shape index (κ1) is 27.6. The fourth-order valence-corrected chi connectivity index (χ4v) is 9.12. The zero-order valence-electron chi connectivity index (χ0n) is 21.9. The van der Waals surface area contributed by atoms with Crippen molar-refractivity contribution in [3.8, 4) is 0 Å². The van der Waals surface area contributed by atoms with Crippen molar-refractivity contribution in [1.82, 2.24) is 0 Å². The average molecular weight is 492 g/mol. The monoisotopic (exact) mass is 492 g/mol. The van der Waals surface area contributed by atoms with Gasteiger partial charge in [0.15, 0.2) is 0 Å². The molecule has 3 aromatic rings. The molecule has 35 heavy (non-hydrogen) atoms. The zero-order chi connectivity index (χ0) is 24.9. The van der Waals surface area contributed by atoms with Gasteiger partial charge in [-0.25, -0.2) is 0 Å². The summed E-state index contributed by atoms with van der Waals surface area (Å²) in [5.74, 6) is 0. The molecular formula is C30H42BO3P. The Morgan fingerprint density at radius 2 is 0.771 bits per heavy atom. The second-order valence-corrected chi connectivity index (χ2v) is 15.8. The van der Waals surface area contributed by atoms with E-state index in [-0.39, 0.29) is 0 Å². The van der Waals surface area contributed by atoms with E-state index < -0.39 is 7.14 Å². The molecular weight excluding hydrogens is 450 g/mol. The first-order valence-electron chi connectivity index (χ1n) is 12.8. The van der Waals surface area contributed by atoms with Crippen molar-refractivity contribution in [3.05, 3.63) is 108 Å². The van der Waals surface area contributed by atoms with Crippen molar-refractivity contribution in [2.45, 2.75) is 57.6 Å². The second-order valence-electron chi connectivity index (χ2n) is 10.1. The van der Waals surface area contributed by atoms with E-state index in [4.69, 9.17) is 14.2 Å². The van der Waals surface area contributed by atoms with Gasteiger partial charge in [0.2, 0.25) is 0 Å². The van der Waals surface area contributed by atoms with Gasteiger partial charge in [0.25, 0.3) is 0 Å². The van der Waals surface area contributed by atoms with Crippen molar-refractivity contribution < 1.29 is 14.2 Å². The molecule has 0 saturated carbocycles. The molecule has 0 spiro atoms. The van der Waals surface area contributed by atoms with E-state index in [1.165, 1.54) is 16.7 Å². The van der Waals surface area contributed by atoms with E-state index in [2.05, 4.69) is 101 Å². The number of ether oxygens (including phenoxy) is 3. The Hall–Kier alpha value is -1.97. The molecule has 5 heteroatoms. The number of benzene rings is 3. The van der Waals surface area contributed by atoms with Crippen LogP contribution in [-0.2, 0) is 34.0 Å². The van der Waals surface area contributed by atoms with Gasteiger partial charge >= 0.3 is 214 Å². The summed E-state index contributed by atoms with van der Waals surface area (Å²) in [6.45, 7) is 11.4. The maximum absolute atomic E-state index is 6.23. The molecule has 0 aliphatic rings. The molecule has 0 amide bonds. The fraction of sp³-hybridized carbons (Fsp3) is 0.400. The summed E-state index contributed by atoms with van der Waals surface area (Å²) in [7, 11) is 0.675. The van der Waals surface area contributed by atoms with Crippen molar-refractivity contribution >= 4 is 14.7 Å². The van der Waals surface area contributed by atoms with Gasteiger partial charge in [-0.05, 0) is 0 Å². The zero-order valence-corrected chi connectivity index (χ0v) is 22.9. The van der Waals surface area contributed by atoms with Crippen LogP contribution in [0.2, 0.25) is 0 Å². The molecule has 3 atom stereocenters. The second kappa shape index (κ2) is 14.6. The number of hydrogen-bond acceptors (Lipinski definition) is 3. The molecule has 0 saturated heterocycles. The third kappa shape index (κ3) is 8.58. The first-order chi connectivity index (χ1) is 17.0. The molecule has 3 rings (SSSR count). The topological polar surface area (TPSA) is 27.7 Å². The average Bonchev–Trinajstić information content (AvgIpc) is 2.89. The molecule has 0 radical (unpaired) electrons. The summed E-state index contributed by atoms with van der Waals surface area (Å²) < 4.78 is 18.7. The quantitative estimate of drug-likeness (QED) is 0.190. The van der Waals surface area contributed by atoms with Gasteiger partial charge in [-0.1, -0.05) is 0 Å². The van der Waals surface area contributed by atoms with Crippen LogP contribution < -0.4 is 0 Å². The van der Waals surface area contributed by atoms with E-state index in [0.29, 0.717) is 36.8 Å². The van der Waals surface area contributed by atoms with E-state index >= 15 is 0 Å². The molecule has 0 bridgehead atoms. The predicted octanol–water partition coefficient (Wildman–Crippen LogP) is 6.10. The van der Waals surface area contributed by atoms with Gasteiger partial charge in [0, 0.05) is 0 Å². The molecule has 0 aromatic heterocycles. The van der Waals surface area contributed by atoms with Crippen LogP contribution in [0, 0.1) is 0 Å². The molecule has 0 aliphatic heterocycles. The molecule has 0 heterocycles. The fourth-order valence-electron chi connectivity index (χ4n) is 4.78. The summed E-state index contributed by atoms with van der Waals surface area (Å²) in [6, 6.07) is 31.3. The number of rotatable bonds is 15. The van der Waals surface area contributed by atoms with Crippen LogP contribution in [0.4, 0.5) is 0 Å². The van der Waals surface area contributed by atoms with Crippen LogP contribution in [0.5, 0.6) is 0 Å². The Bertz CT molecular complexity index is 830. The minimum absolute atomic E-state index is 0.483. The summed E-state index contributed by atoms with van der Waals surface area (Å²) in [6.07, 6.45) is 0. The molecule has 3 nitrogen and oxygen atoms in total. The van der Waals surface area contributed by atoms with Crippen molar-refractivity contribution in [2.24, 2.45) is 0 Å². The molecule has 0 fully saturated rings. The molecule has 188 valence electrons. The van der Waals surface area contributed by atoms with Gasteiger partial charge in [-0.2, -0.15) is 0 Å². The molecule has 3 aromatic carbocycles. The Morgan fingerprint density at radius 1 is 0.514 bits per heavy atom. The standard InChI is InChI=1S/C30H42BO3P/c1-25(19-32-22-28-13-7-4-8-14-28)35(31,26(2)20-33-23-29-15-9-5-10-16-29)27(3)21-34-24-30-17-11-6-12-18-30/h4-18,25-27,35H,19-24,31H2,1-3H3. The van der Waals surface area contributed by atoms with Gasteiger partial charge < -0.3 is 0 Å². The summed E-state index contributed by atoms with van der Waals surface area (Å²) >= 11 is 0. The van der Waals surface area contributed by atoms with E-state index in [1.54, 1.807) is 0 Å². The van der Waals surface area contributed by atoms with Crippen LogP contribution in [0.1, 0.15) is 37.5 Å². The number of hydrogen-bond donors (Lipinski definition) is 0. The summed E-state index contributed by atoms with van der Waals surface area (Å²) in [4.78, 5) is 0. The van der Waals surface area contributed by atoms with Crippen LogP contribution in [0.25, 0.3) is 0 Å². The van der Waals surface area contributed by atoms with Crippen molar-refractivity contribution in [2.75, 3.05) is 19.8 Å². The normalized spacial score (nSPS) is 14.8. The predicted molar refractivity (Wildman–Crippen MR) is 154 cm³/mol. The van der Waals surface area contributed by atoms with Crippen molar-refractivity contribution in [3.63, 3.8) is 0 Å². The van der Waals surface area contributed by atoms with Crippen LogP contribution in [0.15, 0.2) is 91.0 Å². The van der Waals surface area contributed by atoms with E-state index in [1.807, 2.05) is 18.2 Å². The Morgan fingerprint density at radius 3 is 1.03 bits per heavy atom. The summed E-state index contributed by atoms with van der Waals surface area (Å²) in [5, 5.41) is 0. The van der Waals surface area contributed by atoms with Crippen LogP contribution in [0.3, 0.4) is 0 Å². The van der Waals surface area contributed by atoms with E-state index in [9.17, 15) is 0 Å². The third-order valence-corrected chi connectivity index (χ3v) is 14.5.